The monoisotopic (exact) mass is 285 g/mol. The van der Waals surface area contributed by atoms with Crippen LogP contribution in [-0.2, 0) is 12.7 Å². The molecule has 0 atom stereocenters. The molecule has 0 spiro atoms. The van der Waals surface area contributed by atoms with E-state index in [1.807, 2.05) is 0 Å². The molecule has 0 saturated carbocycles. The van der Waals surface area contributed by atoms with Gasteiger partial charge in [0, 0.05) is 18.3 Å². The van der Waals surface area contributed by atoms with Crippen molar-refractivity contribution in [1.29, 1.82) is 0 Å². The quantitative estimate of drug-likeness (QED) is 0.872. The van der Waals surface area contributed by atoms with E-state index >= 15 is 0 Å². The number of carbonyl (C=O) groups is 1. The minimum Gasteiger partial charge on any atom is -0.366 e. The zero-order valence-corrected chi connectivity index (χ0v) is 10.1. The van der Waals surface area contributed by atoms with Crippen LogP contribution >= 0.6 is 0 Å². The lowest BCUT2D eigenvalue weighted by molar-refractivity contribution is -0.141. The van der Waals surface area contributed by atoms with Crippen LogP contribution in [0.1, 0.15) is 21.6 Å². The molecule has 2 heterocycles. The lowest BCUT2D eigenvalue weighted by Gasteiger charge is -2.11. The van der Waals surface area contributed by atoms with Crippen LogP contribution in [0.4, 0.5) is 13.2 Å². The minimum atomic E-state index is -4.58. The molecular formula is C11H10F3N5O. The van der Waals surface area contributed by atoms with Crippen molar-refractivity contribution in [2.24, 2.45) is 11.5 Å². The Bertz CT molecular complexity index is 650. The van der Waals surface area contributed by atoms with E-state index in [1.165, 1.54) is 12.3 Å². The topological polar surface area (TPSA) is 99.8 Å². The molecule has 0 radical (unpaired) electrons. The van der Waals surface area contributed by atoms with E-state index in [0.717, 1.165) is 16.9 Å². The fourth-order valence-electron chi connectivity index (χ4n) is 1.56. The van der Waals surface area contributed by atoms with Crippen molar-refractivity contribution in [1.82, 2.24) is 14.8 Å². The molecule has 2 aromatic heterocycles. The minimum absolute atomic E-state index is 0.0216. The molecule has 2 rings (SSSR count). The number of halogens is 3. The lowest BCUT2D eigenvalue weighted by Crippen LogP contribution is -2.14. The third-order valence-electron chi connectivity index (χ3n) is 2.55. The first-order valence-corrected chi connectivity index (χ1v) is 5.45. The highest BCUT2D eigenvalue weighted by atomic mass is 19.4. The molecule has 0 aliphatic rings. The molecule has 2 aromatic rings. The van der Waals surface area contributed by atoms with Gasteiger partial charge in [-0.1, -0.05) is 6.07 Å². The summed E-state index contributed by atoms with van der Waals surface area (Å²) in [7, 11) is 0. The zero-order valence-electron chi connectivity index (χ0n) is 10.1. The first-order chi connectivity index (χ1) is 9.32. The molecule has 0 aliphatic carbocycles. The summed E-state index contributed by atoms with van der Waals surface area (Å²) in [4.78, 5) is 14.5. The highest BCUT2D eigenvalue weighted by Crippen LogP contribution is 2.29. The number of aromatic nitrogens is 3. The second-order valence-electron chi connectivity index (χ2n) is 3.92. The summed E-state index contributed by atoms with van der Waals surface area (Å²) in [6.45, 7) is -0.0216. The van der Waals surface area contributed by atoms with Gasteiger partial charge in [-0.25, -0.2) is 9.67 Å². The van der Waals surface area contributed by atoms with Crippen LogP contribution in [0, 0.1) is 0 Å². The number of alkyl halides is 3. The average Bonchev–Trinajstić information content (AvgIpc) is 2.86. The van der Waals surface area contributed by atoms with Crippen molar-refractivity contribution in [2.75, 3.05) is 0 Å². The molecule has 1 amide bonds. The molecule has 0 aliphatic heterocycles. The van der Waals surface area contributed by atoms with E-state index < -0.39 is 17.8 Å². The van der Waals surface area contributed by atoms with Crippen LogP contribution in [0.3, 0.4) is 0 Å². The summed E-state index contributed by atoms with van der Waals surface area (Å²) >= 11 is 0. The van der Waals surface area contributed by atoms with E-state index in [2.05, 4.69) is 10.1 Å². The molecule has 0 unspecified atom stereocenters. The Morgan fingerprint density at radius 1 is 1.35 bits per heavy atom. The molecular weight excluding hydrogens is 275 g/mol. The summed E-state index contributed by atoms with van der Waals surface area (Å²) in [5, 5.41) is 3.77. The van der Waals surface area contributed by atoms with Crippen LogP contribution in [0.25, 0.3) is 5.82 Å². The second-order valence-corrected chi connectivity index (χ2v) is 3.92. The van der Waals surface area contributed by atoms with Gasteiger partial charge in [0.1, 0.15) is 5.69 Å². The van der Waals surface area contributed by atoms with E-state index in [4.69, 9.17) is 11.5 Å². The molecule has 4 N–H and O–H groups in total. The highest BCUT2D eigenvalue weighted by molar-refractivity contribution is 5.92. The molecule has 9 heteroatoms. The first-order valence-electron chi connectivity index (χ1n) is 5.45. The van der Waals surface area contributed by atoms with Gasteiger partial charge >= 0.3 is 6.18 Å². The van der Waals surface area contributed by atoms with Gasteiger partial charge in [0.2, 0.25) is 0 Å². The SMILES string of the molecule is NCc1ccc(C(F)(F)F)nc1-n1cc(C(N)=O)cn1. The van der Waals surface area contributed by atoms with Crippen LogP contribution in [0.5, 0.6) is 0 Å². The van der Waals surface area contributed by atoms with E-state index in [1.54, 1.807) is 0 Å². The maximum atomic E-state index is 12.7. The highest BCUT2D eigenvalue weighted by Gasteiger charge is 2.33. The van der Waals surface area contributed by atoms with Crippen LogP contribution < -0.4 is 11.5 Å². The predicted molar refractivity (Wildman–Crippen MR) is 62.8 cm³/mol. The number of primary amides is 1. The Morgan fingerprint density at radius 2 is 2.05 bits per heavy atom. The predicted octanol–water partition coefficient (Wildman–Crippen LogP) is 0.844. The molecule has 6 nitrogen and oxygen atoms in total. The normalized spacial score (nSPS) is 11.6. The summed E-state index contributed by atoms with van der Waals surface area (Å²) < 4.78 is 39.0. The number of rotatable bonds is 3. The Balaban J connectivity index is 2.55. The van der Waals surface area contributed by atoms with Gasteiger partial charge in [-0.15, -0.1) is 0 Å². The largest absolute Gasteiger partial charge is 0.433 e. The second kappa shape index (κ2) is 4.93. The van der Waals surface area contributed by atoms with Gasteiger partial charge in [0.25, 0.3) is 5.91 Å². The van der Waals surface area contributed by atoms with Gasteiger partial charge < -0.3 is 11.5 Å². The van der Waals surface area contributed by atoms with Crippen LogP contribution in [-0.4, -0.2) is 20.7 Å². The first kappa shape index (κ1) is 14.0. The lowest BCUT2D eigenvalue weighted by atomic mass is 10.2. The van der Waals surface area contributed by atoms with Gasteiger partial charge in [-0.3, -0.25) is 4.79 Å². The van der Waals surface area contributed by atoms with Crippen molar-refractivity contribution in [3.63, 3.8) is 0 Å². The number of nitrogens with two attached hydrogens (primary N) is 2. The van der Waals surface area contributed by atoms with Crippen LogP contribution in [0.2, 0.25) is 0 Å². The summed E-state index contributed by atoms with van der Waals surface area (Å²) in [5.41, 5.74) is 9.87. The molecule has 106 valence electrons. The number of amides is 1. The number of pyridine rings is 1. The molecule has 0 fully saturated rings. The third-order valence-corrected chi connectivity index (χ3v) is 2.55. The molecule has 0 saturated heterocycles. The number of hydrogen-bond acceptors (Lipinski definition) is 4. The smallest absolute Gasteiger partial charge is 0.366 e. The Hall–Kier alpha value is -2.42. The maximum Gasteiger partial charge on any atom is 0.433 e. The summed E-state index contributed by atoms with van der Waals surface area (Å²) in [5.74, 6) is -0.827. The van der Waals surface area contributed by atoms with Gasteiger partial charge in [0.05, 0.1) is 11.8 Å². The average molecular weight is 285 g/mol. The molecule has 20 heavy (non-hydrogen) atoms. The van der Waals surface area contributed by atoms with Gasteiger partial charge in [0.15, 0.2) is 5.82 Å². The summed E-state index contributed by atoms with van der Waals surface area (Å²) in [6.07, 6.45) is -2.24. The van der Waals surface area contributed by atoms with Gasteiger partial charge in [-0.2, -0.15) is 18.3 Å². The van der Waals surface area contributed by atoms with Crippen LogP contribution in [0.15, 0.2) is 24.5 Å². The number of hydrogen-bond donors (Lipinski definition) is 2. The Labute approximate surface area is 111 Å². The fraction of sp³-hybridized carbons (Fsp3) is 0.182. The van der Waals surface area contributed by atoms with Crippen molar-refractivity contribution in [2.45, 2.75) is 12.7 Å². The van der Waals surface area contributed by atoms with E-state index in [9.17, 15) is 18.0 Å². The third kappa shape index (κ3) is 2.62. The Morgan fingerprint density at radius 3 is 2.55 bits per heavy atom. The molecule has 0 bridgehead atoms. The van der Waals surface area contributed by atoms with Crippen molar-refractivity contribution < 1.29 is 18.0 Å². The van der Waals surface area contributed by atoms with Gasteiger partial charge in [-0.05, 0) is 6.07 Å². The number of nitrogens with zero attached hydrogens (tertiary/aromatic N) is 3. The standard InChI is InChI=1S/C11H10F3N5O/c12-11(13,14)8-2-1-6(3-15)10(18-8)19-5-7(4-17-19)9(16)20/h1-2,4-5H,3,15H2,(H2,16,20). The van der Waals surface area contributed by atoms with E-state index in [-0.39, 0.29) is 17.9 Å². The zero-order chi connectivity index (χ0) is 14.9. The molecule has 0 aromatic carbocycles. The van der Waals surface area contributed by atoms with E-state index in [0.29, 0.717) is 5.56 Å². The maximum absolute atomic E-state index is 12.7. The van der Waals surface area contributed by atoms with Crippen molar-refractivity contribution in [3.05, 3.63) is 41.3 Å². The van der Waals surface area contributed by atoms with Crippen molar-refractivity contribution in [3.8, 4) is 5.82 Å². The van der Waals surface area contributed by atoms with Crippen molar-refractivity contribution >= 4 is 5.91 Å². The fourth-order valence-corrected chi connectivity index (χ4v) is 1.56. The summed E-state index contributed by atoms with van der Waals surface area (Å²) in [6, 6.07) is 2.06. The Kier molecular flexibility index (Phi) is 3.45. The number of carbonyl (C=O) groups excluding carboxylic acids is 1.